The number of nitrogens with one attached hydrogen (secondary N) is 3. The topological polar surface area (TPSA) is 195 Å². The van der Waals surface area contributed by atoms with Gasteiger partial charge < -0.3 is 49.9 Å². The van der Waals surface area contributed by atoms with Crippen molar-refractivity contribution in [2.24, 2.45) is 0 Å². The number of hydrogen-bond acceptors (Lipinski definition) is 13. The number of hydrogen-bond donors (Lipinski definition) is 4. The fourth-order valence-electron chi connectivity index (χ4n) is 9.52. The number of carbonyl (C=O) groups excluding carboxylic acids is 4. The zero-order chi connectivity index (χ0) is 47.2. The summed E-state index contributed by atoms with van der Waals surface area (Å²) in [6.45, 7) is 12.0. The van der Waals surface area contributed by atoms with Gasteiger partial charge in [-0.3, -0.25) is 24.1 Å². The number of aldehydes is 1. The van der Waals surface area contributed by atoms with Gasteiger partial charge in [-0.2, -0.15) is 4.98 Å². The highest BCUT2D eigenvalue weighted by Gasteiger charge is 2.38. The fourth-order valence-corrected chi connectivity index (χ4v) is 9.65. The molecule has 17 nitrogen and oxygen atoms in total. The Bertz CT molecular complexity index is 2460. The second-order valence-electron chi connectivity index (χ2n) is 18.0. The van der Waals surface area contributed by atoms with Crippen LogP contribution in [0.1, 0.15) is 94.6 Å². The standard InChI is InChI=1S/C24H29ClN6O4.C24H34N4O3/c1-14(2)31-19-5-4-16(10-15(19)11-20(23(31)34)35-13-21(33)26-3)28-22-18(25)12-27-24(29-22)30-8-6-17(32)7-9-30;1-16-13-26(19-6-4-7-19)14-17(2)28(16)20-9-10-21-18(12-20)15-27(24(21)31)22(8-5-11-29)23(30)25-3/h4-5,10-12,14,17,32H,6-9,13H2,1-3H3,(H,26,33)(H,27,28,29);9-12,16-17,19,22H,4-8,13-15H2,1-3H3,(H,25,30). The lowest BCUT2D eigenvalue weighted by atomic mass is 9.89. The van der Waals surface area contributed by atoms with Crippen molar-refractivity contribution in [1.82, 2.24) is 35.0 Å². The maximum atomic E-state index is 13.0. The van der Waals surface area contributed by atoms with Gasteiger partial charge in [-0.25, -0.2) is 4.98 Å². The first kappa shape index (κ1) is 48.2. The van der Waals surface area contributed by atoms with E-state index < -0.39 is 6.04 Å². The normalized spacial score (nSPS) is 19.5. The maximum Gasteiger partial charge on any atom is 0.293 e. The highest BCUT2D eigenvalue weighted by molar-refractivity contribution is 6.33. The largest absolute Gasteiger partial charge is 0.478 e. The van der Waals surface area contributed by atoms with E-state index in [0.717, 1.165) is 47.6 Å². The molecule has 4 N–H and O–H groups in total. The Morgan fingerprint density at radius 1 is 0.985 bits per heavy atom. The molecule has 3 aliphatic heterocycles. The first-order chi connectivity index (χ1) is 31.7. The summed E-state index contributed by atoms with van der Waals surface area (Å²) >= 11 is 6.37. The fraction of sp³-hybridized carbons (Fsp3) is 0.521. The van der Waals surface area contributed by atoms with Crippen molar-refractivity contribution in [3.8, 4) is 5.75 Å². The molecule has 18 heteroatoms. The van der Waals surface area contributed by atoms with Crippen LogP contribution >= 0.6 is 11.6 Å². The summed E-state index contributed by atoms with van der Waals surface area (Å²) in [5.74, 6) is 0.420. The van der Waals surface area contributed by atoms with E-state index in [-0.39, 0.29) is 54.2 Å². The van der Waals surface area contributed by atoms with Crippen LogP contribution in [0.5, 0.6) is 5.75 Å². The van der Waals surface area contributed by atoms with E-state index in [9.17, 15) is 29.1 Å². The number of carbonyl (C=O) groups is 4. The Hall–Kier alpha value is -5.78. The highest BCUT2D eigenvalue weighted by atomic mass is 35.5. The molecule has 0 bridgehead atoms. The van der Waals surface area contributed by atoms with Gasteiger partial charge in [-0.1, -0.05) is 18.0 Å². The molecule has 3 atom stereocenters. The number of benzene rings is 2. The van der Waals surface area contributed by atoms with Crippen molar-refractivity contribution < 1.29 is 29.0 Å². The molecule has 3 fully saturated rings. The van der Waals surface area contributed by atoms with Gasteiger partial charge >= 0.3 is 0 Å². The zero-order valence-corrected chi connectivity index (χ0v) is 39.5. The van der Waals surface area contributed by atoms with Crippen molar-refractivity contribution in [2.75, 3.05) is 62.0 Å². The summed E-state index contributed by atoms with van der Waals surface area (Å²) in [5.41, 5.74) is 3.92. The number of aromatic nitrogens is 3. The predicted octanol–water partition coefficient (Wildman–Crippen LogP) is 5.04. The molecule has 0 spiro atoms. The van der Waals surface area contributed by atoms with Crippen LogP contribution in [0, 0.1) is 0 Å². The number of piperazine rings is 1. The van der Waals surface area contributed by atoms with Crippen LogP contribution in [0.2, 0.25) is 5.02 Å². The monoisotopic (exact) mass is 926 g/mol. The highest BCUT2D eigenvalue weighted by Crippen LogP contribution is 2.35. The van der Waals surface area contributed by atoms with Crippen molar-refractivity contribution in [3.63, 3.8) is 0 Å². The number of piperidine rings is 1. The first-order valence-electron chi connectivity index (χ1n) is 23.1. The molecule has 354 valence electrons. The number of nitrogens with zero attached hydrogens (tertiary/aromatic N) is 7. The molecule has 4 aromatic rings. The van der Waals surface area contributed by atoms with E-state index >= 15 is 0 Å². The van der Waals surface area contributed by atoms with Crippen LogP contribution in [0.15, 0.2) is 53.5 Å². The quantitative estimate of drug-likeness (QED) is 0.123. The lowest BCUT2D eigenvalue weighted by molar-refractivity contribution is -0.125. The van der Waals surface area contributed by atoms with Crippen molar-refractivity contribution >= 4 is 69.7 Å². The van der Waals surface area contributed by atoms with Crippen molar-refractivity contribution in [1.29, 1.82) is 0 Å². The summed E-state index contributed by atoms with van der Waals surface area (Å²) < 4.78 is 7.16. The Balaban J connectivity index is 0.000000198. The van der Waals surface area contributed by atoms with E-state index in [1.807, 2.05) is 49.1 Å². The van der Waals surface area contributed by atoms with E-state index in [1.54, 1.807) is 28.8 Å². The van der Waals surface area contributed by atoms with E-state index in [2.05, 4.69) is 55.6 Å². The third-order valence-electron chi connectivity index (χ3n) is 13.1. The number of ether oxygens (including phenoxy) is 1. The molecule has 4 aliphatic rings. The second kappa shape index (κ2) is 21.2. The number of halogens is 1. The van der Waals surface area contributed by atoms with E-state index in [0.29, 0.717) is 79.0 Å². The van der Waals surface area contributed by atoms with Gasteiger partial charge in [0.15, 0.2) is 18.2 Å². The van der Waals surface area contributed by atoms with Crippen molar-refractivity contribution in [2.45, 2.75) is 115 Å². The number of aliphatic hydroxyl groups excluding tert-OH is 1. The molecule has 3 unspecified atom stereocenters. The molecular weight excluding hydrogens is 864 g/mol. The molecule has 2 aromatic carbocycles. The Kier molecular flexibility index (Phi) is 15.5. The number of amides is 3. The summed E-state index contributed by atoms with van der Waals surface area (Å²) in [6, 6.07) is 14.1. The van der Waals surface area contributed by atoms with Crippen LogP contribution in [-0.2, 0) is 20.9 Å². The average Bonchev–Trinajstić information content (AvgIpc) is 3.60. The summed E-state index contributed by atoms with van der Waals surface area (Å²) in [5, 5.41) is 19.2. The molecule has 3 amide bonds. The van der Waals surface area contributed by atoms with E-state index in [1.165, 1.54) is 26.3 Å². The van der Waals surface area contributed by atoms with E-state index in [4.69, 9.17) is 16.3 Å². The third-order valence-corrected chi connectivity index (χ3v) is 13.4. The van der Waals surface area contributed by atoms with Crippen LogP contribution in [-0.4, -0.2) is 131 Å². The van der Waals surface area contributed by atoms with Gasteiger partial charge in [0.1, 0.15) is 17.4 Å². The summed E-state index contributed by atoms with van der Waals surface area (Å²) in [6.07, 6.45) is 8.00. The minimum Gasteiger partial charge on any atom is -0.478 e. The number of aliphatic hydroxyl groups is 1. The van der Waals surface area contributed by atoms with Gasteiger partial charge in [0.05, 0.1) is 17.8 Å². The molecule has 66 heavy (non-hydrogen) atoms. The smallest absolute Gasteiger partial charge is 0.293 e. The number of likely N-dealkylation sites (N-methyl/N-ethyl adjacent to an activating group) is 2. The number of pyridine rings is 1. The summed E-state index contributed by atoms with van der Waals surface area (Å²) in [4.78, 5) is 78.6. The van der Waals surface area contributed by atoms with Gasteiger partial charge in [-0.15, -0.1) is 0 Å². The van der Waals surface area contributed by atoms with Crippen LogP contribution in [0.25, 0.3) is 10.9 Å². The number of anilines is 4. The van der Waals surface area contributed by atoms with Gasteiger partial charge in [-0.05, 0) is 108 Å². The second-order valence-corrected chi connectivity index (χ2v) is 18.4. The Morgan fingerprint density at radius 3 is 2.35 bits per heavy atom. The lowest BCUT2D eigenvalue weighted by Gasteiger charge is -2.50. The number of fused-ring (bicyclic) bond motifs is 2. The number of rotatable bonds is 14. The van der Waals surface area contributed by atoms with Gasteiger partial charge in [0.2, 0.25) is 11.9 Å². The molecular formula is C48H63ClN10O7. The predicted molar refractivity (Wildman–Crippen MR) is 256 cm³/mol. The summed E-state index contributed by atoms with van der Waals surface area (Å²) in [7, 11) is 3.07. The van der Waals surface area contributed by atoms with Crippen LogP contribution < -0.4 is 36.0 Å². The molecule has 2 aromatic heterocycles. The third kappa shape index (κ3) is 10.6. The molecule has 0 radical (unpaired) electrons. The van der Waals surface area contributed by atoms with Gasteiger partial charge in [0, 0.05) is 99.7 Å². The molecule has 2 saturated heterocycles. The molecule has 8 rings (SSSR count). The Morgan fingerprint density at radius 2 is 1.71 bits per heavy atom. The lowest BCUT2D eigenvalue weighted by Crippen LogP contribution is -2.60. The van der Waals surface area contributed by atoms with Crippen LogP contribution in [0.4, 0.5) is 23.1 Å². The minimum atomic E-state index is -0.623. The van der Waals surface area contributed by atoms with Gasteiger partial charge in [0.25, 0.3) is 17.4 Å². The van der Waals surface area contributed by atoms with Crippen molar-refractivity contribution in [3.05, 3.63) is 75.2 Å². The maximum absolute atomic E-state index is 13.0. The first-order valence-corrected chi connectivity index (χ1v) is 23.5. The molecule has 5 heterocycles. The average molecular weight is 928 g/mol. The van der Waals surface area contributed by atoms with Crippen LogP contribution in [0.3, 0.4) is 0 Å². The Labute approximate surface area is 390 Å². The minimum absolute atomic E-state index is 0.0987. The SMILES string of the molecule is CNC(=O)C(CCC=O)N1Cc2cc(N3C(C)CN(C4CCC4)CC3C)ccc2C1=O.CNC(=O)COc1cc2cc(Nc3nc(N4CCC(O)CC4)ncc3Cl)ccc2n(C(C)C)c1=O. The zero-order valence-electron chi connectivity index (χ0n) is 38.8. The molecule has 1 aliphatic carbocycles. The molecule has 1 saturated carbocycles.